The Balaban J connectivity index is 1.72. The van der Waals surface area contributed by atoms with Crippen LogP contribution in [0.5, 0.6) is 11.5 Å². The molecule has 9 heteroatoms. The summed E-state index contributed by atoms with van der Waals surface area (Å²) in [7, 11) is 1.60. The first-order valence-corrected chi connectivity index (χ1v) is 11.7. The van der Waals surface area contributed by atoms with Gasteiger partial charge in [-0.25, -0.2) is 9.78 Å². The molecule has 0 aliphatic carbocycles. The van der Waals surface area contributed by atoms with Crippen LogP contribution in [0.15, 0.2) is 46.9 Å². The lowest BCUT2D eigenvalue weighted by Crippen LogP contribution is -2.27. The molecule has 0 saturated carbocycles. The fraction of sp³-hybridized carbons (Fsp3) is 0.370. The van der Waals surface area contributed by atoms with Gasteiger partial charge in [0.15, 0.2) is 0 Å². The number of carbonyl (C=O) groups excluding carboxylic acids is 1. The quantitative estimate of drug-likeness (QED) is 0.353. The molecule has 36 heavy (non-hydrogen) atoms. The lowest BCUT2D eigenvalue weighted by molar-refractivity contribution is -0.149. The first-order valence-electron chi connectivity index (χ1n) is 11.7. The van der Waals surface area contributed by atoms with Crippen LogP contribution in [0.25, 0.3) is 11.5 Å². The van der Waals surface area contributed by atoms with Gasteiger partial charge in [0.1, 0.15) is 23.3 Å². The van der Waals surface area contributed by atoms with Crippen LogP contribution in [-0.4, -0.2) is 41.8 Å². The maximum Gasteiger partial charge on any atom is 0.327 e. The summed E-state index contributed by atoms with van der Waals surface area (Å²) >= 11 is 0. The van der Waals surface area contributed by atoms with Crippen molar-refractivity contribution >= 4 is 11.9 Å². The molecular weight excluding hydrogens is 464 g/mol. The number of nitrogens with two attached hydrogens (primary N) is 1. The molecule has 0 spiro atoms. The van der Waals surface area contributed by atoms with E-state index in [1.165, 1.54) is 0 Å². The molecular formula is C27H32N2O7. The molecule has 9 nitrogen and oxygen atoms in total. The Hall–Kier alpha value is -3.85. The van der Waals surface area contributed by atoms with Gasteiger partial charge in [0.05, 0.1) is 25.5 Å². The fourth-order valence-electron chi connectivity index (χ4n) is 3.66. The molecule has 1 heterocycles. The summed E-state index contributed by atoms with van der Waals surface area (Å²) in [4.78, 5) is 28.1. The average Bonchev–Trinajstić information content (AvgIpc) is 3.22. The Morgan fingerprint density at radius 2 is 1.89 bits per heavy atom. The number of aromatic nitrogens is 1. The largest absolute Gasteiger partial charge is 0.497 e. The zero-order chi connectivity index (χ0) is 26.2. The third-order valence-corrected chi connectivity index (χ3v) is 5.48. The van der Waals surface area contributed by atoms with E-state index in [1.54, 1.807) is 39.2 Å². The predicted molar refractivity (Wildman–Crippen MR) is 133 cm³/mol. The van der Waals surface area contributed by atoms with Crippen molar-refractivity contribution in [3.05, 3.63) is 65.0 Å². The number of aliphatic carboxylic acids is 1. The molecule has 3 N–H and O–H groups in total. The third kappa shape index (κ3) is 7.08. The summed E-state index contributed by atoms with van der Waals surface area (Å²) in [6.07, 6.45) is 0.327. The summed E-state index contributed by atoms with van der Waals surface area (Å²) in [5.74, 6) is 0.899. The minimum atomic E-state index is -1.05. The minimum absolute atomic E-state index is 0.0831. The van der Waals surface area contributed by atoms with Crippen molar-refractivity contribution < 1.29 is 33.3 Å². The van der Waals surface area contributed by atoms with Gasteiger partial charge in [-0.05, 0) is 68.7 Å². The molecule has 0 radical (unpaired) electrons. The molecule has 0 bridgehead atoms. The van der Waals surface area contributed by atoms with Crippen molar-refractivity contribution in [1.82, 2.24) is 4.98 Å². The van der Waals surface area contributed by atoms with E-state index in [2.05, 4.69) is 4.98 Å². The monoisotopic (exact) mass is 496 g/mol. The number of aryl methyl sites for hydroxylation is 2. The second kappa shape index (κ2) is 12.2. The zero-order valence-electron chi connectivity index (χ0n) is 20.9. The number of benzene rings is 2. The molecule has 0 saturated heterocycles. The molecule has 0 amide bonds. The van der Waals surface area contributed by atoms with E-state index >= 15 is 0 Å². The predicted octanol–water partition coefficient (Wildman–Crippen LogP) is 4.25. The van der Waals surface area contributed by atoms with Gasteiger partial charge in [-0.3, -0.25) is 4.79 Å². The summed E-state index contributed by atoms with van der Waals surface area (Å²) in [6.45, 7) is 5.63. The molecule has 2 aromatic carbocycles. The van der Waals surface area contributed by atoms with Gasteiger partial charge in [0.25, 0.3) is 0 Å². The van der Waals surface area contributed by atoms with Gasteiger partial charge in [-0.2, -0.15) is 0 Å². The molecule has 0 fully saturated rings. The normalized spacial score (nSPS) is 11.8. The zero-order valence-corrected chi connectivity index (χ0v) is 20.9. The number of ether oxygens (including phenoxy) is 3. The molecule has 0 aliphatic heterocycles. The number of nitrogens with zero attached hydrogens (tertiary/aromatic N) is 1. The molecule has 1 unspecified atom stereocenters. The number of carboxylic acid groups (broad SMARTS) is 1. The maximum absolute atomic E-state index is 12.4. The number of esters is 1. The molecule has 192 valence electrons. The first-order chi connectivity index (χ1) is 17.2. The number of oxazole rings is 1. The summed E-state index contributed by atoms with van der Waals surface area (Å²) in [5.41, 5.74) is 8.90. The van der Waals surface area contributed by atoms with Crippen LogP contribution in [0, 0.1) is 6.92 Å². The fourth-order valence-corrected chi connectivity index (χ4v) is 3.66. The maximum atomic E-state index is 12.4. The highest BCUT2D eigenvalue weighted by molar-refractivity contribution is 5.78. The van der Waals surface area contributed by atoms with Gasteiger partial charge in [-0.15, -0.1) is 0 Å². The summed E-state index contributed by atoms with van der Waals surface area (Å²) in [6, 6.07) is 11.6. The summed E-state index contributed by atoms with van der Waals surface area (Å²) in [5, 5.41) is 9.07. The number of hydrogen-bond donors (Lipinski definition) is 2. The number of carbonyl (C=O) groups is 2. The second-order valence-electron chi connectivity index (χ2n) is 8.57. The summed E-state index contributed by atoms with van der Waals surface area (Å²) < 4.78 is 22.3. The molecule has 1 aromatic heterocycles. The second-order valence-corrected chi connectivity index (χ2v) is 8.57. The number of methoxy groups -OCH3 is 1. The topological polar surface area (TPSA) is 134 Å². The Labute approximate surface area is 210 Å². The molecule has 1 atom stereocenters. The van der Waals surface area contributed by atoms with Crippen molar-refractivity contribution in [2.45, 2.75) is 52.2 Å². The van der Waals surface area contributed by atoms with E-state index in [9.17, 15) is 9.59 Å². The lowest BCUT2D eigenvalue weighted by atomic mass is 9.97. The Kier molecular flexibility index (Phi) is 9.08. The van der Waals surface area contributed by atoms with Crippen molar-refractivity contribution in [2.24, 2.45) is 5.73 Å². The molecule has 3 aromatic rings. The smallest absolute Gasteiger partial charge is 0.327 e. The van der Waals surface area contributed by atoms with E-state index in [-0.39, 0.29) is 18.9 Å². The van der Waals surface area contributed by atoms with Gasteiger partial charge in [0.2, 0.25) is 5.89 Å². The Morgan fingerprint density at radius 1 is 1.11 bits per heavy atom. The first kappa shape index (κ1) is 26.7. The average molecular weight is 497 g/mol. The Bertz CT molecular complexity index is 1200. The van der Waals surface area contributed by atoms with Crippen LogP contribution in [0.1, 0.15) is 48.9 Å². The number of hydrogen-bond acceptors (Lipinski definition) is 8. The van der Waals surface area contributed by atoms with Gasteiger partial charge in [0, 0.05) is 18.4 Å². The van der Waals surface area contributed by atoms with Crippen LogP contribution in [0.4, 0.5) is 0 Å². The van der Waals surface area contributed by atoms with E-state index in [0.717, 1.165) is 11.3 Å². The van der Waals surface area contributed by atoms with E-state index in [0.29, 0.717) is 47.3 Å². The van der Waals surface area contributed by atoms with Crippen molar-refractivity contribution in [3.63, 3.8) is 0 Å². The van der Waals surface area contributed by atoms with Crippen LogP contribution in [-0.2, 0) is 27.2 Å². The Morgan fingerprint density at radius 3 is 2.58 bits per heavy atom. The van der Waals surface area contributed by atoms with Gasteiger partial charge >= 0.3 is 11.9 Å². The minimum Gasteiger partial charge on any atom is -0.497 e. The highest BCUT2D eigenvalue weighted by Crippen LogP contribution is 2.27. The van der Waals surface area contributed by atoms with Crippen molar-refractivity contribution in [1.29, 1.82) is 0 Å². The third-order valence-electron chi connectivity index (χ3n) is 5.48. The lowest BCUT2D eigenvalue weighted by Gasteiger charge is -2.18. The van der Waals surface area contributed by atoms with Crippen LogP contribution in [0.2, 0.25) is 0 Å². The highest BCUT2D eigenvalue weighted by Gasteiger charge is 2.23. The standard InChI is InChI=1S/C27H32N2O7/c1-16(2)35-27(32)25(28)22-15-21(10-8-18(22)9-11-24(30)31)34-13-12-23-17(3)36-26(29-23)19-6-5-7-20(14-19)33-4/h5-8,10,14-16,25H,9,11-13,28H2,1-4H3,(H,30,31). The van der Waals surface area contributed by atoms with Crippen molar-refractivity contribution in [3.8, 4) is 23.0 Å². The van der Waals surface area contributed by atoms with Crippen LogP contribution < -0.4 is 15.2 Å². The van der Waals surface area contributed by atoms with Crippen LogP contribution in [0.3, 0.4) is 0 Å². The van der Waals surface area contributed by atoms with E-state index < -0.39 is 18.0 Å². The highest BCUT2D eigenvalue weighted by atomic mass is 16.5. The number of carboxylic acids is 1. The number of rotatable bonds is 12. The van der Waals surface area contributed by atoms with E-state index in [4.69, 9.17) is 29.5 Å². The van der Waals surface area contributed by atoms with Gasteiger partial charge < -0.3 is 29.5 Å². The van der Waals surface area contributed by atoms with Crippen molar-refractivity contribution in [2.75, 3.05) is 13.7 Å². The van der Waals surface area contributed by atoms with Gasteiger partial charge in [-0.1, -0.05) is 12.1 Å². The van der Waals surface area contributed by atoms with Crippen LogP contribution >= 0.6 is 0 Å². The molecule has 3 rings (SSSR count). The molecule has 0 aliphatic rings. The SMILES string of the molecule is COc1cccc(-c2nc(CCOc3ccc(CCC(=O)O)c(C(N)C(=O)OC(C)C)c3)c(C)o2)c1. The van der Waals surface area contributed by atoms with E-state index in [1.807, 2.05) is 31.2 Å².